The van der Waals surface area contributed by atoms with Gasteiger partial charge in [0.25, 0.3) is 5.91 Å². The van der Waals surface area contributed by atoms with E-state index < -0.39 is 0 Å². The molecule has 132 valence electrons. The van der Waals surface area contributed by atoms with E-state index in [0.29, 0.717) is 5.56 Å². The molecule has 0 atom stereocenters. The molecule has 3 rings (SSSR count). The zero-order valence-electron chi connectivity index (χ0n) is 15.0. The van der Waals surface area contributed by atoms with Gasteiger partial charge in [0, 0.05) is 30.9 Å². The zero-order chi connectivity index (χ0) is 17.8. The molecule has 4 nitrogen and oxygen atoms in total. The summed E-state index contributed by atoms with van der Waals surface area (Å²) in [4.78, 5) is 14.9. The fourth-order valence-electron chi connectivity index (χ4n) is 3.18. The Bertz CT molecular complexity index is 749. The van der Waals surface area contributed by atoms with Crippen LogP contribution in [0.3, 0.4) is 0 Å². The number of rotatable bonds is 4. The largest absolute Gasteiger partial charge is 0.393 e. The highest BCUT2D eigenvalue weighted by atomic mass is 16.3. The molecule has 0 bridgehead atoms. The highest BCUT2D eigenvalue weighted by Gasteiger charge is 2.18. The predicted molar refractivity (Wildman–Crippen MR) is 101 cm³/mol. The van der Waals surface area contributed by atoms with Crippen LogP contribution in [0.1, 0.15) is 39.9 Å². The van der Waals surface area contributed by atoms with E-state index in [-0.39, 0.29) is 12.0 Å². The van der Waals surface area contributed by atoms with Crippen LogP contribution in [0, 0.1) is 13.8 Å². The number of aliphatic hydroxyl groups is 1. The fourth-order valence-corrected chi connectivity index (χ4v) is 3.18. The van der Waals surface area contributed by atoms with Gasteiger partial charge in [0.2, 0.25) is 0 Å². The maximum absolute atomic E-state index is 12.6. The summed E-state index contributed by atoms with van der Waals surface area (Å²) in [6.07, 6.45) is 1.46. The molecular formula is C21H26N2O2. The van der Waals surface area contributed by atoms with Crippen LogP contribution in [0.4, 0.5) is 5.69 Å². The van der Waals surface area contributed by atoms with Crippen molar-refractivity contribution in [1.29, 1.82) is 0 Å². The van der Waals surface area contributed by atoms with Crippen LogP contribution in [0.5, 0.6) is 0 Å². The van der Waals surface area contributed by atoms with Gasteiger partial charge in [0.05, 0.1) is 6.10 Å². The number of amides is 1. The molecule has 1 aliphatic rings. The lowest BCUT2D eigenvalue weighted by molar-refractivity contribution is 0.0793. The number of likely N-dealkylation sites (tertiary alicyclic amines) is 1. The van der Waals surface area contributed by atoms with E-state index >= 15 is 0 Å². The third kappa shape index (κ3) is 4.47. The molecule has 0 aromatic heterocycles. The lowest BCUT2D eigenvalue weighted by atomic mass is 10.0. The summed E-state index contributed by atoms with van der Waals surface area (Å²) in [5.74, 6) is -0.0791. The van der Waals surface area contributed by atoms with E-state index in [9.17, 15) is 9.90 Å². The molecule has 1 amide bonds. The number of carbonyl (C=O) groups excluding carboxylic acids is 1. The van der Waals surface area contributed by atoms with Crippen LogP contribution < -0.4 is 5.32 Å². The number of piperidine rings is 1. The molecule has 2 aromatic carbocycles. The van der Waals surface area contributed by atoms with Gasteiger partial charge in [-0.05, 0) is 61.6 Å². The molecule has 0 radical (unpaired) electrons. The Kier molecular flexibility index (Phi) is 5.51. The van der Waals surface area contributed by atoms with E-state index in [1.807, 2.05) is 50.2 Å². The van der Waals surface area contributed by atoms with Crippen molar-refractivity contribution < 1.29 is 9.90 Å². The summed E-state index contributed by atoms with van der Waals surface area (Å²) in [5.41, 5.74) is 4.95. The second-order valence-corrected chi connectivity index (χ2v) is 6.92. The Hall–Kier alpha value is -2.17. The molecule has 25 heavy (non-hydrogen) atoms. The Labute approximate surface area is 149 Å². The summed E-state index contributed by atoms with van der Waals surface area (Å²) in [7, 11) is 0. The van der Waals surface area contributed by atoms with Crippen molar-refractivity contribution >= 4 is 11.6 Å². The summed E-state index contributed by atoms with van der Waals surface area (Å²) in [6.45, 7) is 6.63. The summed E-state index contributed by atoms with van der Waals surface area (Å²) in [5, 5.41) is 12.7. The molecule has 1 fully saturated rings. The van der Waals surface area contributed by atoms with Crippen molar-refractivity contribution in [3.05, 3.63) is 64.7 Å². The van der Waals surface area contributed by atoms with Gasteiger partial charge < -0.3 is 10.4 Å². The second kappa shape index (κ2) is 7.81. The van der Waals surface area contributed by atoms with Crippen LogP contribution in [-0.2, 0) is 6.54 Å². The first-order valence-electron chi connectivity index (χ1n) is 8.90. The Morgan fingerprint density at radius 3 is 2.56 bits per heavy atom. The molecule has 4 heteroatoms. The van der Waals surface area contributed by atoms with Gasteiger partial charge in [0.1, 0.15) is 0 Å². The molecule has 2 N–H and O–H groups in total. The number of aliphatic hydroxyl groups excluding tert-OH is 1. The lowest BCUT2D eigenvalue weighted by Gasteiger charge is -2.30. The van der Waals surface area contributed by atoms with Gasteiger partial charge in [-0.15, -0.1) is 0 Å². The van der Waals surface area contributed by atoms with Crippen LogP contribution in [0.25, 0.3) is 0 Å². The van der Waals surface area contributed by atoms with Crippen LogP contribution in [0.15, 0.2) is 42.5 Å². The highest BCUT2D eigenvalue weighted by molar-refractivity contribution is 6.04. The van der Waals surface area contributed by atoms with E-state index in [0.717, 1.165) is 49.3 Å². The quantitative estimate of drug-likeness (QED) is 0.897. The van der Waals surface area contributed by atoms with Crippen molar-refractivity contribution in [1.82, 2.24) is 4.90 Å². The molecular weight excluding hydrogens is 312 g/mol. The lowest BCUT2D eigenvalue weighted by Crippen LogP contribution is -2.35. The van der Waals surface area contributed by atoms with E-state index in [1.54, 1.807) is 0 Å². The van der Waals surface area contributed by atoms with Crippen molar-refractivity contribution in [2.45, 2.75) is 39.3 Å². The van der Waals surface area contributed by atoms with Crippen molar-refractivity contribution in [3.63, 3.8) is 0 Å². The van der Waals surface area contributed by atoms with Crippen LogP contribution >= 0.6 is 0 Å². The number of nitrogens with zero attached hydrogens (tertiary/aromatic N) is 1. The molecule has 2 aromatic rings. The molecule has 0 saturated carbocycles. The topological polar surface area (TPSA) is 52.6 Å². The maximum Gasteiger partial charge on any atom is 0.255 e. The number of para-hydroxylation sites is 1. The van der Waals surface area contributed by atoms with Gasteiger partial charge in [-0.3, -0.25) is 9.69 Å². The summed E-state index contributed by atoms with van der Waals surface area (Å²) >= 11 is 0. The van der Waals surface area contributed by atoms with Crippen molar-refractivity contribution in [2.24, 2.45) is 0 Å². The average Bonchev–Trinajstić information content (AvgIpc) is 2.61. The van der Waals surface area contributed by atoms with Crippen LogP contribution in [-0.4, -0.2) is 35.1 Å². The number of aryl methyl sites for hydroxylation is 2. The zero-order valence-corrected chi connectivity index (χ0v) is 15.0. The highest BCUT2D eigenvalue weighted by Crippen LogP contribution is 2.21. The first kappa shape index (κ1) is 17.6. The molecule has 0 aliphatic carbocycles. The molecule has 1 heterocycles. The predicted octanol–water partition coefficient (Wildman–Crippen LogP) is 3.51. The Morgan fingerprint density at radius 1 is 1.12 bits per heavy atom. The first-order chi connectivity index (χ1) is 12.0. The fraction of sp³-hybridized carbons (Fsp3) is 0.381. The van der Waals surface area contributed by atoms with E-state index in [1.165, 1.54) is 5.56 Å². The van der Waals surface area contributed by atoms with Gasteiger partial charge in [-0.1, -0.05) is 24.3 Å². The van der Waals surface area contributed by atoms with E-state index in [4.69, 9.17) is 0 Å². The second-order valence-electron chi connectivity index (χ2n) is 6.92. The minimum Gasteiger partial charge on any atom is -0.393 e. The monoisotopic (exact) mass is 338 g/mol. The van der Waals surface area contributed by atoms with Gasteiger partial charge in [-0.2, -0.15) is 0 Å². The maximum atomic E-state index is 12.6. The van der Waals surface area contributed by atoms with Gasteiger partial charge in [-0.25, -0.2) is 0 Å². The Balaban J connectivity index is 1.72. The third-order valence-corrected chi connectivity index (χ3v) is 4.99. The van der Waals surface area contributed by atoms with Crippen molar-refractivity contribution in [2.75, 3.05) is 18.4 Å². The standard InChI is InChI=1S/C21H26N2O2/c1-15-7-8-17(13-16(15)2)21(25)22-20-6-4-3-5-18(20)14-23-11-9-19(24)10-12-23/h3-8,13,19,24H,9-12,14H2,1-2H3,(H,22,25). The molecule has 0 unspecified atom stereocenters. The van der Waals surface area contributed by atoms with E-state index in [2.05, 4.69) is 16.3 Å². The van der Waals surface area contributed by atoms with Crippen molar-refractivity contribution in [3.8, 4) is 0 Å². The Morgan fingerprint density at radius 2 is 1.84 bits per heavy atom. The number of benzene rings is 2. The average molecular weight is 338 g/mol. The molecule has 1 saturated heterocycles. The number of carbonyl (C=O) groups is 1. The minimum absolute atomic E-state index is 0.0791. The van der Waals surface area contributed by atoms with Crippen LogP contribution in [0.2, 0.25) is 0 Å². The number of hydrogen-bond acceptors (Lipinski definition) is 3. The van der Waals surface area contributed by atoms with Gasteiger partial charge in [0.15, 0.2) is 0 Å². The van der Waals surface area contributed by atoms with Gasteiger partial charge >= 0.3 is 0 Å². The smallest absolute Gasteiger partial charge is 0.255 e. The summed E-state index contributed by atoms with van der Waals surface area (Å²) < 4.78 is 0. The molecule has 1 aliphatic heterocycles. The number of anilines is 1. The minimum atomic E-state index is -0.170. The number of hydrogen-bond donors (Lipinski definition) is 2. The summed E-state index contributed by atoms with van der Waals surface area (Å²) in [6, 6.07) is 13.7. The first-order valence-corrected chi connectivity index (χ1v) is 8.90. The molecule has 0 spiro atoms. The normalized spacial score (nSPS) is 16.0. The number of nitrogens with one attached hydrogen (secondary N) is 1. The third-order valence-electron chi connectivity index (χ3n) is 4.99. The SMILES string of the molecule is Cc1ccc(C(=O)Nc2ccccc2CN2CCC(O)CC2)cc1C.